The van der Waals surface area contributed by atoms with Gasteiger partial charge < -0.3 is 5.73 Å². The van der Waals surface area contributed by atoms with Crippen LogP contribution in [0.2, 0.25) is 0 Å². The quantitative estimate of drug-likeness (QED) is 0.860. The molecule has 0 unspecified atom stereocenters. The van der Waals surface area contributed by atoms with Crippen LogP contribution in [-0.2, 0) is 13.1 Å². The van der Waals surface area contributed by atoms with Crippen molar-refractivity contribution in [2.24, 2.45) is 11.7 Å². The third kappa shape index (κ3) is 4.03. The van der Waals surface area contributed by atoms with Gasteiger partial charge in [-0.3, -0.25) is 4.90 Å². The Labute approximate surface area is 122 Å². The second kappa shape index (κ2) is 7.19. The van der Waals surface area contributed by atoms with Gasteiger partial charge in [0.15, 0.2) is 0 Å². The number of rotatable bonds is 6. The second-order valence-electron chi connectivity index (χ2n) is 6.39. The van der Waals surface area contributed by atoms with Crippen molar-refractivity contribution < 1.29 is 4.39 Å². The highest BCUT2D eigenvalue weighted by Crippen LogP contribution is 2.26. The largest absolute Gasteiger partial charge is 0.326 e. The van der Waals surface area contributed by atoms with Crippen LogP contribution in [-0.4, -0.2) is 17.5 Å². The van der Waals surface area contributed by atoms with Gasteiger partial charge in [0.1, 0.15) is 5.82 Å². The molecule has 1 aliphatic rings. The van der Waals surface area contributed by atoms with E-state index in [9.17, 15) is 4.39 Å². The van der Waals surface area contributed by atoms with E-state index < -0.39 is 0 Å². The highest BCUT2D eigenvalue weighted by molar-refractivity contribution is 5.24. The van der Waals surface area contributed by atoms with Crippen molar-refractivity contribution in [2.45, 2.75) is 58.7 Å². The molecule has 0 aromatic heterocycles. The summed E-state index contributed by atoms with van der Waals surface area (Å²) in [6.45, 7) is 6.63. The molecule has 1 aromatic carbocycles. The minimum atomic E-state index is -0.111. The molecule has 0 saturated heterocycles. The average Bonchev–Trinajstić information content (AvgIpc) is 2.93. The van der Waals surface area contributed by atoms with E-state index in [2.05, 4.69) is 18.7 Å². The summed E-state index contributed by atoms with van der Waals surface area (Å²) in [6, 6.07) is 6.06. The fourth-order valence-corrected chi connectivity index (χ4v) is 3.15. The van der Waals surface area contributed by atoms with Crippen molar-refractivity contribution >= 4 is 0 Å². The molecule has 1 aromatic rings. The maximum absolute atomic E-state index is 14.1. The molecule has 112 valence electrons. The van der Waals surface area contributed by atoms with Crippen molar-refractivity contribution in [3.05, 3.63) is 35.1 Å². The van der Waals surface area contributed by atoms with Crippen LogP contribution in [0.1, 0.15) is 50.7 Å². The molecule has 0 spiro atoms. The molecule has 2 N–H and O–H groups in total. The molecule has 2 rings (SSSR count). The van der Waals surface area contributed by atoms with Gasteiger partial charge in [-0.05, 0) is 30.4 Å². The summed E-state index contributed by atoms with van der Waals surface area (Å²) >= 11 is 0. The van der Waals surface area contributed by atoms with E-state index in [0.29, 0.717) is 18.5 Å². The van der Waals surface area contributed by atoms with Gasteiger partial charge in [0.25, 0.3) is 0 Å². The topological polar surface area (TPSA) is 29.3 Å². The average molecular weight is 278 g/mol. The molecule has 1 saturated carbocycles. The predicted molar refractivity (Wildman–Crippen MR) is 81.8 cm³/mol. The lowest BCUT2D eigenvalue weighted by atomic mass is 10.1. The lowest BCUT2D eigenvalue weighted by Gasteiger charge is -2.30. The zero-order valence-corrected chi connectivity index (χ0v) is 12.7. The molecule has 0 heterocycles. The van der Waals surface area contributed by atoms with E-state index >= 15 is 0 Å². The van der Waals surface area contributed by atoms with Gasteiger partial charge in [-0.15, -0.1) is 0 Å². The Kier molecular flexibility index (Phi) is 5.55. The van der Waals surface area contributed by atoms with Gasteiger partial charge >= 0.3 is 0 Å². The lowest BCUT2D eigenvalue weighted by Crippen LogP contribution is -2.36. The van der Waals surface area contributed by atoms with Crippen molar-refractivity contribution in [3.63, 3.8) is 0 Å². The van der Waals surface area contributed by atoms with Crippen LogP contribution in [0.25, 0.3) is 0 Å². The van der Waals surface area contributed by atoms with Gasteiger partial charge in [-0.25, -0.2) is 4.39 Å². The molecular weight excluding hydrogens is 251 g/mol. The summed E-state index contributed by atoms with van der Waals surface area (Å²) < 4.78 is 14.1. The van der Waals surface area contributed by atoms with Crippen molar-refractivity contribution in [3.8, 4) is 0 Å². The Bertz CT molecular complexity index is 425. The van der Waals surface area contributed by atoms with E-state index in [1.807, 2.05) is 12.1 Å². The normalized spacial score (nSPS) is 16.5. The molecule has 1 fully saturated rings. The molecule has 0 amide bonds. The van der Waals surface area contributed by atoms with Gasteiger partial charge in [0, 0.05) is 31.2 Å². The summed E-state index contributed by atoms with van der Waals surface area (Å²) in [4.78, 5) is 2.47. The molecule has 20 heavy (non-hydrogen) atoms. The maximum Gasteiger partial charge on any atom is 0.128 e. The van der Waals surface area contributed by atoms with Crippen LogP contribution in [0.4, 0.5) is 4.39 Å². The van der Waals surface area contributed by atoms with E-state index in [1.54, 1.807) is 6.07 Å². The minimum Gasteiger partial charge on any atom is -0.326 e. The molecule has 2 nitrogen and oxygen atoms in total. The number of benzene rings is 1. The molecule has 0 atom stereocenters. The van der Waals surface area contributed by atoms with Gasteiger partial charge in [0.2, 0.25) is 0 Å². The standard InChI is InChI=1S/C17H27FN2/c1-13(2)11-20(16-5-3-4-6-16)12-15-8-7-14(10-19)9-17(15)18/h7-9,13,16H,3-6,10-12,19H2,1-2H3. The Balaban J connectivity index is 2.10. The zero-order chi connectivity index (χ0) is 14.5. The first kappa shape index (κ1) is 15.5. The number of nitrogens with zero attached hydrogens (tertiary/aromatic N) is 1. The first-order valence-corrected chi connectivity index (χ1v) is 7.81. The number of hydrogen-bond acceptors (Lipinski definition) is 2. The summed E-state index contributed by atoms with van der Waals surface area (Å²) in [6.07, 6.45) is 5.14. The summed E-state index contributed by atoms with van der Waals surface area (Å²) in [7, 11) is 0. The first-order chi connectivity index (χ1) is 9.60. The zero-order valence-electron chi connectivity index (χ0n) is 12.7. The van der Waals surface area contributed by atoms with Crippen LogP contribution < -0.4 is 5.73 Å². The van der Waals surface area contributed by atoms with E-state index in [4.69, 9.17) is 5.73 Å². The Hall–Kier alpha value is -0.930. The smallest absolute Gasteiger partial charge is 0.128 e. The molecule has 3 heteroatoms. The molecule has 0 bridgehead atoms. The van der Waals surface area contributed by atoms with Crippen LogP contribution in [0.3, 0.4) is 0 Å². The van der Waals surface area contributed by atoms with Crippen molar-refractivity contribution in [2.75, 3.05) is 6.54 Å². The molecule has 0 aliphatic heterocycles. The highest BCUT2D eigenvalue weighted by Gasteiger charge is 2.23. The van der Waals surface area contributed by atoms with Crippen LogP contribution in [0, 0.1) is 11.7 Å². The summed E-state index contributed by atoms with van der Waals surface area (Å²) in [5.41, 5.74) is 7.22. The predicted octanol–water partition coefficient (Wildman–Crippen LogP) is 3.69. The van der Waals surface area contributed by atoms with E-state index in [-0.39, 0.29) is 5.82 Å². The van der Waals surface area contributed by atoms with E-state index in [0.717, 1.165) is 24.2 Å². The maximum atomic E-state index is 14.1. The molecule has 1 aliphatic carbocycles. The number of hydrogen-bond donors (Lipinski definition) is 1. The SMILES string of the molecule is CC(C)CN(Cc1ccc(CN)cc1F)C1CCCC1. The number of halogens is 1. The molecular formula is C17H27FN2. The number of nitrogens with two attached hydrogens (primary N) is 1. The fraction of sp³-hybridized carbons (Fsp3) is 0.647. The fourth-order valence-electron chi connectivity index (χ4n) is 3.15. The van der Waals surface area contributed by atoms with Crippen LogP contribution in [0.5, 0.6) is 0 Å². The van der Waals surface area contributed by atoms with Gasteiger partial charge in [-0.1, -0.05) is 38.8 Å². The Morgan fingerprint density at radius 2 is 2.00 bits per heavy atom. The Morgan fingerprint density at radius 3 is 2.55 bits per heavy atom. The Morgan fingerprint density at radius 1 is 1.30 bits per heavy atom. The van der Waals surface area contributed by atoms with Crippen molar-refractivity contribution in [1.82, 2.24) is 4.90 Å². The van der Waals surface area contributed by atoms with Gasteiger partial charge in [0.05, 0.1) is 0 Å². The monoisotopic (exact) mass is 278 g/mol. The van der Waals surface area contributed by atoms with Gasteiger partial charge in [-0.2, -0.15) is 0 Å². The second-order valence-corrected chi connectivity index (χ2v) is 6.39. The lowest BCUT2D eigenvalue weighted by molar-refractivity contribution is 0.166. The summed E-state index contributed by atoms with van der Waals surface area (Å²) in [5, 5.41) is 0. The molecule has 0 radical (unpaired) electrons. The minimum absolute atomic E-state index is 0.111. The summed E-state index contributed by atoms with van der Waals surface area (Å²) in [5.74, 6) is 0.502. The first-order valence-electron chi connectivity index (χ1n) is 7.81. The van der Waals surface area contributed by atoms with Crippen LogP contribution in [0.15, 0.2) is 18.2 Å². The van der Waals surface area contributed by atoms with Crippen molar-refractivity contribution in [1.29, 1.82) is 0 Å². The van der Waals surface area contributed by atoms with Crippen LogP contribution >= 0.6 is 0 Å². The van der Waals surface area contributed by atoms with E-state index in [1.165, 1.54) is 25.7 Å². The third-order valence-electron chi connectivity index (χ3n) is 4.17. The highest BCUT2D eigenvalue weighted by atomic mass is 19.1. The third-order valence-corrected chi connectivity index (χ3v) is 4.17.